The highest BCUT2D eigenvalue weighted by atomic mass is 35.5. The third-order valence-corrected chi connectivity index (χ3v) is 5.53. The minimum Gasteiger partial charge on any atom is -0.398 e. The maximum Gasteiger partial charge on any atom is 0.0655 e. The van der Waals surface area contributed by atoms with Gasteiger partial charge in [0, 0.05) is 16.5 Å². The van der Waals surface area contributed by atoms with Crippen molar-refractivity contribution in [3.05, 3.63) is 62.6 Å². The summed E-state index contributed by atoms with van der Waals surface area (Å²) in [5.74, 6) is 0. The van der Waals surface area contributed by atoms with E-state index in [2.05, 4.69) is 11.3 Å². The molecule has 0 radical (unpaired) electrons. The molecule has 1 aliphatic rings. The molecule has 1 atom stereocenters. The summed E-state index contributed by atoms with van der Waals surface area (Å²) in [5, 5.41) is 1.81. The van der Waals surface area contributed by atoms with Gasteiger partial charge in [-0.2, -0.15) is 0 Å². The lowest BCUT2D eigenvalue weighted by Crippen LogP contribution is -2.17. The Morgan fingerprint density at radius 2 is 1.77 bits per heavy atom. The second-order valence-corrected chi connectivity index (χ2v) is 7.98. The molecule has 0 aromatic heterocycles. The summed E-state index contributed by atoms with van der Waals surface area (Å²) in [6, 6.07) is 11.2. The summed E-state index contributed by atoms with van der Waals surface area (Å²) in [6.45, 7) is 2.13. The molecule has 114 valence electrons. The fourth-order valence-corrected chi connectivity index (χ4v) is 4.03. The summed E-state index contributed by atoms with van der Waals surface area (Å²) < 4.78 is 4.42. The van der Waals surface area contributed by atoms with Crippen molar-refractivity contribution in [3.63, 3.8) is 0 Å². The number of rotatable bonds is 2. The number of hydrogen-bond acceptors (Lipinski definition) is 3. The van der Waals surface area contributed by atoms with Gasteiger partial charge in [-0.25, -0.2) is 4.40 Å². The van der Waals surface area contributed by atoms with E-state index >= 15 is 0 Å². The number of benzene rings is 2. The second kappa shape index (κ2) is 5.97. The summed E-state index contributed by atoms with van der Waals surface area (Å²) in [5.41, 5.74) is 9.37. The number of hydrogen-bond donors (Lipinski definition) is 1. The highest BCUT2D eigenvalue weighted by Crippen LogP contribution is 2.47. The molecular weight excluding hydrogens is 359 g/mol. The molecule has 0 spiro atoms. The van der Waals surface area contributed by atoms with Crippen molar-refractivity contribution in [2.45, 2.75) is 18.1 Å². The second-order valence-electron chi connectivity index (χ2n) is 5.43. The van der Waals surface area contributed by atoms with Crippen molar-refractivity contribution >= 4 is 58.1 Å². The van der Waals surface area contributed by atoms with Crippen LogP contribution in [0.15, 0.2) is 40.8 Å². The van der Waals surface area contributed by atoms with Gasteiger partial charge in [0.1, 0.15) is 0 Å². The summed E-state index contributed by atoms with van der Waals surface area (Å²) >= 11 is 19.9. The molecule has 1 heterocycles. The SMILES string of the molecule is CC1(c2cc(Cl)cc(Cl)c2)CC(c2ccc(N)c(Cl)c2)=NS1. The minimum atomic E-state index is -0.197. The third kappa shape index (κ3) is 3.09. The van der Waals surface area contributed by atoms with Gasteiger partial charge in [0.25, 0.3) is 0 Å². The topological polar surface area (TPSA) is 38.4 Å². The van der Waals surface area contributed by atoms with Gasteiger partial charge in [-0.1, -0.05) is 40.9 Å². The molecule has 1 aliphatic heterocycles. The van der Waals surface area contributed by atoms with Crippen molar-refractivity contribution in [2.75, 3.05) is 5.73 Å². The van der Waals surface area contributed by atoms with E-state index in [1.54, 1.807) is 12.1 Å². The van der Waals surface area contributed by atoms with Crippen LogP contribution in [0.1, 0.15) is 24.5 Å². The average molecular weight is 372 g/mol. The third-order valence-electron chi connectivity index (χ3n) is 3.67. The Bertz CT molecular complexity index is 756. The molecule has 1 unspecified atom stereocenters. The van der Waals surface area contributed by atoms with Crippen LogP contribution in [0.2, 0.25) is 15.1 Å². The zero-order chi connectivity index (χ0) is 15.9. The maximum atomic E-state index is 6.12. The van der Waals surface area contributed by atoms with Gasteiger partial charge in [-0.3, -0.25) is 0 Å². The zero-order valence-corrected chi connectivity index (χ0v) is 14.8. The van der Waals surface area contributed by atoms with Crippen LogP contribution in [0, 0.1) is 0 Å². The van der Waals surface area contributed by atoms with Crippen LogP contribution in [0.4, 0.5) is 5.69 Å². The molecule has 0 saturated heterocycles. The highest BCUT2D eigenvalue weighted by molar-refractivity contribution is 7.99. The molecule has 2 aromatic rings. The normalized spacial score (nSPS) is 21.0. The molecule has 6 heteroatoms. The molecule has 2 aromatic carbocycles. The number of nitrogen functional groups attached to an aromatic ring is 1. The molecule has 22 heavy (non-hydrogen) atoms. The number of halogens is 3. The summed E-state index contributed by atoms with van der Waals surface area (Å²) in [6.07, 6.45) is 0.772. The predicted molar refractivity (Wildman–Crippen MR) is 98.4 cm³/mol. The molecule has 3 rings (SSSR count). The maximum absolute atomic E-state index is 6.12. The first-order valence-electron chi connectivity index (χ1n) is 6.64. The van der Waals surface area contributed by atoms with Crippen LogP contribution in [0.3, 0.4) is 0 Å². The van der Waals surface area contributed by atoms with Crippen molar-refractivity contribution in [1.82, 2.24) is 0 Å². The molecule has 0 bridgehead atoms. The molecule has 2 nitrogen and oxygen atoms in total. The Labute approximate surface area is 148 Å². The van der Waals surface area contributed by atoms with Gasteiger partial charge < -0.3 is 5.73 Å². The van der Waals surface area contributed by atoms with Crippen LogP contribution in [-0.2, 0) is 4.75 Å². The predicted octanol–water partition coefficient (Wildman–Crippen LogP) is 5.99. The minimum absolute atomic E-state index is 0.197. The van der Waals surface area contributed by atoms with Gasteiger partial charge in [0.15, 0.2) is 0 Å². The van der Waals surface area contributed by atoms with Crippen molar-refractivity contribution in [2.24, 2.45) is 4.40 Å². The Hall–Kier alpha value is -0.870. The first-order chi connectivity index (χ1) is 10.4. The number of nitrogens with zero attached hydrogens (tertiary/aromatic N) is 1. The van der Waals surface area contributed by atoms with Gasteiger partial charge in [0.05, 0.1) is 21.2 Å². The Balaban J connectivity index is 1.90. The standard InChI is InChI=1S/C16H13Cl3N2S/c1-16(10-5-11(17)7-12(18)6-10)8-15(21-22-16)9-2-3-14(20)13(19)4-9/h2-7H,8,20H2,1H3. The first kappa shape index (κ1) is 16.0. The smallest absolute Gasteiger partial charge is 0.0655 e. The van der Waals surface area contributed by atoms with Crippen LogP contribution >= 0.6 is 46.8 Å². The van der Waals surface area contributed by atoms with Gasteiger partial charge in [-0.05, 0) is 60.3 Å². The zero-order valence-electron chi connectivity index (χ0n) is 11.7. The molecular formula is C16H13Cl3N2S. The Morgan fingerprint density at radius 1 is 1.09 bits per heavy atom. The molecule has 0 saturated carbocycles. The quantitative estimate of drug-likeness (QED) is 0.520. The van der Waals surface area contributed by atoms with Crippen LogP contribution in [0.25, 0.3) is 0 Å². The lowest BCUT2D eigenvalue weighted by Gasteiger charge is -2.22. The van der Waals surface area contributed by atoms with E-state index in [-0.39, 0.29) is 4.75 Å². The van der Waals surface area contributed by atoms with Gasteiger partial charge in [-0.15, -0.1) is 0 Å². The van der Waals surface area contributed by atoms with E-state index in [1.807, 2.05) is 24.3 Å². The van der Waals surface area contributed by atoms with Crippen molar-refractivity contribution in [1.29, 1.82) is 0 Å². The van der Waals surface area contributed by atoms with E-state index in [4.69, 9.17) is 40.5 Å². The van der Waals surface area contributed by atoms with Crippen molar-refractivity contribution in [3.8, 4) is 0 Å². The largest absolute Gasteiger partial charge is 0.398 e. The number of nitrogens with two attached hydrogens (primary N) is 1. The fourth-order valence-electron chi connectivity index (χ4n) is 2.42. The molecule has 0 fully saturated rings. The lowest BCUT2D eigenvalue weighted by molar-refractivity contribution is 0.741. The van der Waals surface area contributed by atoms with Crippen LogP contribution in [0.5, 0.6) is 0 Å². The van der Waals surface area contributed by atoms with Crippen LogP contribution in [-0.4, -0.2) is 5.71 Å². The van der Waals surface area contributed by atoms with E-state index in [0.29, 0.717) is 20.8 Å². The summed E-state index contributed by atoms with van der Waals surface area (Å²) in [7, 11) is 0. The fraction of sp³-hybridized carbons (Fsp3) is 0.188. The van der Waals surface area contributed by atoms with E-state index in [0.717, 1.165) is 23.3 Å². The monoisotopic (exact) mass is 370 g/mol. The first-order valence-corrected chi connectivity index (χ1v) is 8.55. The Kier molecular flexibility index (Phi) is 4.34. The summed E-state index contributed by atoms with van der Waals surface area (Å²) in [4.78, 5) is 0. The average Bonchev–Trinajstić information content (AvgIpc) is 2.85. The van der Waals surface area contributed by atoms with E-state index < -0.39 is 0 Å². The van der Waals surface area contributed by atoms with Crippen LogP contribution < -0.4 is 5.73 Å². The van der Waals surface area contributed by atoms with Gasteiger partial charge in [0.2, 0.25) is 0 Å². The molecule has 0 aliphatic carbocycles. The molecule has 0 amide bonds. The molecule has 2 N–H and O–H groups in total. The van der Waals surface area contributed by atoms with E-state index in [1.165, 1.54) is 11.9 Å². The Morgan fingerprint density at radius 3 is 2.41 bits per heavy atom. The number of anilines is 1. The lowest BCUT2D eigenvalue weighted by atomic mass is 9.92. The van der Waals surface area contributed by atoms with Gasteiger partial charge >= 0.3 is 0 Å². The van der Waals surface area contributed by atoms with E-state index in [9.17, 15) is 0 Å². The van der Waals surface area contributed by atoms with Crippen molar-refractivity contribution < 1.29 is 0 Å². The highest BCUT2D eigenvalue weighted by Gasteiger charge is 2.35.